The van der Waals surface area contributed by atoms with Gasteiger partial charge in [-0.05, 0) is 19.1 Å². The molecule has 0 fully saturated rings. The van der Waals surface area contributed by atoms with Crippen LogP contribution in [-0.2, 0) is 14.3 Å². The molecule has 16 heavy (non-hydrogen) atoms. The van der Waals surface area contributed by atoms with Crippen molar-refractivity contribution in [3.05, 3.63) is 23.5 Å². The topological polar surface area (TPSA) is 86.2 Å². The highest BCUT2D eigenvalue weighted by atomic mass is 16.5. The first-order valence-corrected chi connectivity index (χ1v) is 4.49. The number of aryl methyl sites for hydroxylation is 1. The molecule has 84 valence electrons. The molecule has 1 aromatic heterocycles. The molecule has 0 spiro atoms. The van der Waals surface area contributed by atoms with E-state index in [0.29, 0.717) is 5.69 Å². The lowest BCUT2D eigenvalue weighted by atomic mass is 10.1. The Morgan fingerprint density at radius 3 is 2.44 bits per heavy atom. The predicted octanol–water partition coefficient (Wildman–Crippen LogP) is 0.0999. The van der Waals surface area contributed by atoms with Gasteiger partial charge in [-0.25, -0.2) is 4.79 Å². The number of methoxy groups -OCH3 is 1. The van der Waals surface area contributed by atoms with Gasteiger partial charge in [-0.15, -0.1) is 5.10 Å². The van der Waals surface area contributed by atoms with E-state index in [9.17, 15) is 14.4 Å². The van der Waals surface area contributed by atoms with Gasteiger partial charge in [0.05, 0.1) is 19.2 Å². The molecule has 0 unspecified atom stereocenters. The van der Waals surface area contributed by atoms with Crippen molar-refractivity contribution >= 4 is 17.5 Å². The molecule has 0 saturated heterocycles. The van der Waals surface area contributed by atoms with Crippen LogP contribution in [0.3, 0.4) is 0 Å². The number of ether oxygens (including phenoxy) is 1. The van der Waals surface area contributed by atoms with Crippen LogP contribution in [0.4, 0.5) is 0 Å². The molecule has 0 aliphatic carbocycles. The van der Waals surface area contributed by atoms with E-state index in [1.165, 1.54) is 6.07 Å². The zero-order valence-corrected chi connectivity index (χ0v) is 8.89. The van der Waals surface area contributed by atoms with E-state index < -0.39 is 24.0 Å². The van der Waals surface area contributed by atoms with Crippen LogP contribution in [-0.4, -0.2) is 34.8 Å². The smallest absolute Gasteiger partial charge is 0.374 e. The largest absolute Gasteiger partial charge is 0.463 e. The summed E-state index contributed by atoms with van der Waals surface area (Å²) >= 11 is 0. The Labute approximate surface area is 91.6 Å². The number of ketones is 2. The van der Waals surface area contributed by atoms with Crippen molar-refractivity contribution in [1.82, 2.24) is 10.2 Å². The summed E-state index contributed by atoms with van der Waals surface area (Å²) in [7, 11) is 1.08. The summed E-state index contributed by atoms with van der Waals surface area (Å²) in [6.07, 6.45) is -0.551. The van der Waals surface area contributed by atoms with Gasteiger partial charge >= 0.3 is 5.97 Å². The summed E-state index contributed by atoms with van der Waals surface area (Å²) in [4.78, 5) is 33.3. The Morgan fingerprint density at radius 1 is 1.25 bits per heavy atom. The maximum Gasteiger partial charge on any atom is 0.374 e. The van der Waals surface area contributed by atoms with Gasteiger partial charge in [-0.3, -0.25) is 9.59 Å². The molecule has 6 nitrogen and oxygen atoms in total. The maximum atomic E-state index is 11.5. The molecule has 0 aliphatic heterocycles. The van der Waals surface area contributed by atoms with Crippen LogP contribution >= 0.6 is 0 Å². The van der Waals surface area contributed by atoms with E-state index in [-0.39, 0.29) is 5.69 Å². The number of carbonyl (C=O) groups excluding carboxylic acids is 3. The Kier molecular flexibility index (Phi) is 3.82. The third-order valence-electron chi connectivity index (χ3n) is 1.82. The van der Waals surface area contributed by atoms with Crippen molar-refractivity contribution in [2.75, 3.05) is 7.11 Å². The van der Waals surface area contributed by atoms with Gasteiger partial charge < -0.3 is 4.74 Å². The molecule has 0 atom stereocenters. The number of nitrogens with zero attached hydrogens (tertiary/aromatic N) is 2. The number of aromatic nitrogens is 2. The van der Waals surface area contributed by atoms with Crippen molar-refractivity contribution in [3.63, 3.8) is 0 Å². The second-order valence-corrected chi connectivity index (χ2v) is 3.07. The van der Waals surface area contributed by atoms with Crippen LogP contribution in [0.25, 0.3) is 0 Å². The van der Waals surface area contributed by atoms with E-state index in [0.717, 1.165) is 7.11 Å². The van der Waals surface area contributed by atoms with Crippen molar-refractivity contribution in [3.8, 4) is 0 Å². The fraction of sp³-hybridized carbons (Fsp3) is 0.300. The summed E-state index contributed by atoms with van der Waals surface area (Å²) < 4.78 is 4.19. The zero-order valence-electron chi connectivity index (χ0n) is 8.89. The number of rotatable bonds is 4. The molecule has 1 aromatic rings. The summed E-state index contributed by atoms with van der Waals surface area (Å²) in [5.74, 6) is -2.48. The van der Waals surface area contributed by atoms with Crippen LogP contribution in [0.2, 0.25) is 0 Å². The summed E-state index contributed by atoms with van der Waals surface area (Å²) in [5.41, 5.74) is 0.721. The summed E-state index contributed by atoms with van der Waals surface area (Å²) in [6, 6.07) is 3.05. The monoisotopic (exact) mass is 222 g/mol. The zero-order chi connectivity index (χ0) is 12.1. The predicted molar refractivity (Wildman–Crippen MR) is 52.7 cm³/mol. The Balaban J connectivity index is 2.69. The molecule has 0 amide bonds. The third-order valence-corrected chi connectivity index (χ3v) is 1.82. The van der Waals surface area contributed by atoms with Crippen LogP contribution in [0.1, 0.15) is 22.6 Å². The van der Waals surface area contributed by atoms with Crippen molar-refractivity contribution in [2.45, 2.75) is 13.3 Å². The van der Waals surface area contributed by atoms with E-state index in [4.69, 9.17) is 0 Å². The molecule has 0 N–H and O–H groups in total. The molecular formula is C10H10N2O4. The van der Waals surface area contributed by atoms with Gasteiger partial charge in [0.15, 0.2) is 5.78 Å². The molecule has 1 heterocycles. The molecule has 6 heteroatoms. The lowest BCUT2D eigenvalue weighted by molar-refractivity contribution is -0.151. The Bertz CT molecular complexity index is 425. The summed E-state index contributed by atoms with van der Waals surface area (Å²) in [5, 5.41) is 7.29. The Hall–Kier alpha value is -2.11. The van der Waals surface area contributed by atoms with Crippen LogP contribution in [0.5, 0.6) is 0 Å². The van der Waals surface area contributed by atoms with Gasteiger partial charge in [0.2, 0.25) is 5.78 Å². The number of carbonyl (C=O) groups is 3. The standard InChI is InChI=1S/C10H10N2O4/c1-6-3-4-7(12-11-6)8(13)5-9(14)10(15)16-2/h3-4H,5H2,1-2H3. The van der Waals surface area contributed by atoms with Gasteiger partial charge in [-0.1, -0.05) is 0 Å². The summed E-state index contributed by atoms with van der Waals surface area (Å²) in [6.45, 7) is 1.72. The first kappa shape index (κ1) is 12.0. The van der Waals surface area contributed by atoms with Gasteiger partial charge in [0.1, 0.15) is 5.69 Å². The molecule has 0 aliphatic rings. The van der Waals surface area contributed by atoms with Crippen molar-refractivity contribution in [2.24, 2.45) is 0 Å². The van der Waals surface area contributed by atoms with Gasteiger partial charge in [0.25, 0.3) is 0 Å². The lowest BCUT2D eigenvalue weighted by Gasteiger charge is -1.98. The maximum absolute atomic E-state index is 11.5. The second-order valence-electron chi connectivity index (χ2n) is 3.07. The van der Waals surface area contributed by atoms with Crippen LogP contribution in [0, 0.1) is 6.92 Å². The first-order chi connectivity index (χ1) is 7.54. The van der Waals surface area contributed by atoms with E-state index in [1.54, 1.807) is 13.0 Å². The van der Waals surface area contributed by atoms with E-state index in [1.807, 2.05) is 0 Å². The quantitative estimate of drug-likeness (QED) is 0.311. The minimum absolute atomic E-state index is 0.0582. The Morgan fingerprint density at radius 2 is 1.94 bits per heavy atom. The van der Waals surface area contributed by atoms with Gasteiger partial charge in [0, 0.05) is 0 Å². The number of esters is 1. The van der Waals surface area contributed by atoms with Crippen LogP contribution in [0.15, 0.2) is 12.1 Å². The number of Topliss-reactive ketones (excluding diaryl/α,β-unsaturated/α-hetero) is 2. The third kappa shape index (κ3) is 2.94. The van der Waals surface area contributed by atoms with Crippen molar-refractivity contribution < 1.29 is 19.1 Å². The molecular weight excluding hydrogens is 212 g/mol. The highest BCUT2D eigenvalue weighted by Gasteiger charge is 2.20. The SMILES string of the molecule is COC(=O)C(=O)CC(=O)c1ccc(C)nn1. The van der Waals surface area contributed by atoms with Crippen LogP contribution < -0.4 is 0 Å². The molecule has 0 bridgehead atoms. The number of hydrogen-bond acceptors (Lipinski definition) is 6. The van der Waals surface area contributed by atoms with E-state index >= 15 is 0 Å². The molecule has 0 radical (unpaired) electrons. The number of hydrogen-bond donors (Lipinski definition) is 0. The normalized spacial score (nSPS) is 9.62. The minimum Gasteiger partial charge on any atom is -0.463 e. The molecule has 0 aromatic carbocycles. The fourth-order valence-corrected chi connectivity index (χ4v) is 0.970. The average Bonchev–Trinajstić information content (AvgIpc) is 2.28. The highest BCUT2D eigenvalue weighted by molar-refractivity contribution is 6.37. The average molecular weight is 222 g/mol. The molecule has 1 rings (SSSR count). The molecule has 0 saturated carbocycles. The minimum atomic E-state index is -1.03. The fourth-order valence-electron chi connectivity index (χ4n) is 0.970. The first-order valence-electron chi connectivity index (χ1n) is 4.49. The van der Waals surface area contributed by atoms with E-state index in [2.05, 4.69) is 14.9 Å². The highest BCUT2D eigenvalue weighted by Crippen LogP contribution is 2.01. The second kappa shape index (κ2) is 5.11. The van der Waals surface area contributed by atoms with Gasteiger partial charge in [-0.2, -0.15) is 5.10 Å². The van der Waals surface area contributed by atoms with Crippen molar-refractivity contribution in [1.29, 1.82) is 0 Å². The lowest BCUT2D eigenvalue weighted by Crippen LogP contribution is -2.20.